The summed E-state index contributed by atoms with van der Waals surface area (Å²) in [5, 5.41) is 10.1. The number of imidazole rings is 1. The molecule has 0 bridgehead atoms. The fourth-order valence-corrected chi connectivity index (χ4v) is 4.91. The highest BCUT2D eigenvalue weighted by atomic mass is 16.4. The summed E-state index contributed by atoms with van der Waals surface area (Å²) in [6, 6.07) is 7.88. The molecule has 2 aromatic rings. The molecule has 6 nitrogen and oxygen atoms in total. The molecule has 0 radical (unpaired) electrons. The monoisotopic (exact) mass is 382 g/mol. The lowest BCUT2D eigenvalue weighted by atomic mass is 9.84. The van der Waals surface area contributed by atoms with E-state index in [1.54, 1.807) is 0 Å². The maximum atomic E-state index is 12.4. The van der Waals surface area contributed by atoms with Crippen LogP contribution >= 0.6 is 0 Å². The Morgan fingerprint density at radius 2 is 2.11 bits per heavy atom. The molecule has 6 heteroatoms. The van der Waals surface area contributed by atoms with Gasteiger partial charge in [-0.1, -0.05) is 32.0 Å². The number of carboxylic acids is 1. The highest BCUT2D eigenvalue weighted by molar-refractivity contribution is 5.75. The van der Waals surface area contributed by atoms with E-state index in [1.165, 1.54) is 16.9 Å². The highest BCUT2D eigenvalue weighted by Gasteiger charge is 2.40. The van der Waals surface area contributed by atoms with E-state index in [9.17, 15) is 9.90 Å². The molecule has 0 amide bonds. The number of nitrogens with two attached hydrogens (primary N) is 1. The summed E-state index contributed by atoms with van der Waals surface area (Å²) in [6.07, 6.45) is 5.40. The number of benzene rings is 1. The average molecular weight is 383 g/mol. The maximum Gasteiger partial charge on any atom is 0.321 e. The van der Waals surface area contributed by atoms with E-state index in [-0.39, 0.29) is 12.0 Å². The van der Waals surface area contributed by atoms with Crippen LogP contribution in [0.1, 0.15) is 49.6 Å². The fraction of sp³-hybridized carbons (Fsp3) is 0.545. The van der Waals surface area contributed by atoms with Crippen molar-refractivity contribution in [2.45, 2.75) is 57.5 Å². The Morgan fingerprint density at radius 3 is 2.79 bits per heavy atom. The van der Waals surface area contributed by atoms with E-state index in [0.717, 1.165) is 37.9 Å². The predicted molar refractivity (Wildman–Crippen MR) is 109 cm³/mol. The number of para-hydroxylation sites is 1. The van der Waals surface area contributed by atoms with Crippen LogP contribution in [0.15, 0.2) is 30.6 Å². The topological polar surface area (TPSA) is 84.4 Å². The summed E-state index contributed by atoms with van der Waals surface area (Å²) in [5.41, 5.74) is 10.7. The second-order valence-electron chi connectivity index (χ2n) is 8.64. The smallest absolute Gasteiger partial charge is 0.321 e. The van der Waals surface area contributed by atoms with Gasteiger partial charge in [-0.2, -0.15) is 0 Å². The number of nitrogens with zero attached hydrogens (tertiary/aromatic N) is 3. The van der Waals surface area contributed by atoms with Gasteiger partial charge >= 0.3 is 5.97 Å². The second kappa shape index (κ2) is 7.68. The summed E-state index contributed by atoms with van der Waals surface area (Å²) < 4.78 is 2.16. The van der Waals surface area contributed by atoms with Gasteiger partial charge in [-0.3, -0.25) is 9.69 Å². The number of carboxylic acid groups (broad SMARTS) is 1. The molecule has 0 saturated carbocycles. The summed E-state index contributed by atoms with van der Waals surface area (Å²) in [7, 11) is 0. The fourth-order valence-electron chi connectivity index (χ4n) is 4.91. The lowest BCUT2D eigenvalue weighted by molar-refractivity contribution is -0.144. The number of rotatable bonds is 6. The first-order valence-electron chi connectivity index (χ1n) is 10.3. The summed E-state index contributed by atoms with van der Waals surface area (Å²) in [5.74, 6) is -0.515. The van der Waals surface area contributed by atoms with Crippen molar-refractivity contribution in [1.29, 1.82) is 0 Å². The lowest BCUT2D eigenvalue weighted by Gasteiger charge is -2.32. The highest BCUT2D eigenvalue weighted by Crippen LogP contribution is 2.36. The molecule has 1 saturated heterocycles. The zero-order valence-corrected chi connectivity index (χ0v) is 16.7. The SMILES string of the molecule is CC(C)CC(c1ncn2c1CCc1ccccc1-2)[C@@H](C(=O)O)N1CC[C@H](N)C1. The third-order valence-corrected chi connectivity index (χ3v) is 6.14. The zero-order valence-electron chi connectivity index (χ0n) is 16.7. The molecule has 2 aliphatic rings. The van der Waals surface area contributed by atoms with Gasteiger partial charge in [0.05, 0.1) is 12.0 Å². The van der Waals surface area contributed by atoms with Crippen molar-refractivity contribution in [3.8, 4) is 5.69 Å². The van der Waals surface area contributed by atoms with Gasteiger partial charge in [0.25, 0.3) is 0 Å². The Hall–Kier alpha value is -2.18. The number of aryl methyl sites for hydroxylation is 1. The van der Waals surface area contributed by atoms with Crippen molar-refractivity contribution >= 4 is 5.97 Å². The van der Waals surface area contributed by atoms with Crippen LogP contribution in [0, 0.1) is 5.92 Å². The van der Waals surface area contributed by atoms with Crippen molar-refractivity contribution in [3.63, 3.8) is 0 Å². The first-order chi connectivity index (χ1) is 13.5. The van der Waals surface area contributed by atoms with Gasteiger partial charge in [0.2, 0.25) is 0 Å². The Labute approximate surface area is 166 Å². The van der Waals surface area contributed by atoms with Crippen LogP contribution in [-0.2, 0) is 17.6 Å². The molecule has 2 aliphatic heterocycles. The Bertz CT molecular complexity index is 860. The molecule has 28 heavy (non-hydrogen) atoms. The normalized spacial score (nSPS) is 21.4. The Kier molecular flexibility index (Phi) is 5.25. The first-order valence-corrected chi connectivity index (χ1v) is 10.3. The van der Waals surface area contributed by atoms with Gasteiger partial charge in [-0.05, 0) is 43.2 Å². The molecular formula is C22H30N4O2. The molecule has 3 heterocycles. The van der Waals surface area contributed by atoms with Crippen molar-refractivity contribution < 1.29 is 9.90 Å². The van der Waals surface area contributed by atoms with Crippen LogP contribution < -0.4 is 5.73 Å². The van der Waals surface area contributed by atoms with E-state index >= 15 is 0 Å². The van der Waals surface area contributed by atoms with E-state index in [0.29, 0.717) is 12.5 Å². The van der Waals surface area contributed by atoms with Crippen LogP contribution in [0.3, 0.4) is 0 Å². The van der Waals surface area contributed by atoms with E-state index < -0.39 is 12.0 Å². The molecule has 150 valence electrons. The molecule has 0 spiro atoms. The van der Waals surface area contributed by atoms with Crippen LogP contribution in [-0.4, -0.2) is 50.7 Å². The van der Waals surface area contributed by atoms with Crippen molar-refractivity contribution in [2.75, 3.05) is 13.1 Å². The van der Waals surface area contributed by atoms with Crippen LogP contribution in [0.2, 0.25) is 0 Å². The predicted octanol–water partition coefficient (Wildman–Crippen LogP) is 2.59. The maximum absolute atomic E-state index is 12.4. The van der Waals surface area contributed by atoms with Gasteiger partial charge in [-0.15, -0.1) is 0 Å². The number of aliphatic carboxylic acids is 1. The van der Waals surface area contributed by atoms with Gasteiger partial charge in [0.1, 0.15) is 6.04 Å². The molecule has 1 aromatic carbocycles. The van der Waals surface area contributed by atoms with Crippen molar-refractivity contribution in [3.05, 3.63) is 47.5 Å². The lowest BCUT2D eigenvalue weighted by Crippen LogP contribution is -2.45. The number of fused-ring (bicyclic) bond motifs is 3. The average Bonchev–Trinajstić information content (AvgIpc) is 3.27. The summed E-state index contributed by atoms with van der Waals surface area (Å²) >= 11 is 0. The van der Waals surface area contributed by atoms with E-state index in [2.05, 4.69) is 41.5 Å². The molecule has 0 aliphatic carbocycles. The van der Waals surface area contributed by atoms with Gasteiger partial charge in [-0.25, -0.2) is 4.98 Å². The molecule has 3 atom stereocenters. The minimum Gasteiger partial charge on any atom is -0.480 e. The zero-order chi connectivity index (χ0) is 19.8. The van der Waals surface area contributed by atoms with Crippen molar-refractivity contribution in [2.24, 2.45) is 11.7 Å². The second-order valence-corrected chi connectivity index (χ2v) is 8.64. The molecule has 1 unspecified atom stereocenters. The number of aromatic nitrogens is 2. The van der Waals surface area contributed by atoms with Crippen LogP contribution in [0.4, 0.5) is 0 Å². The minimum atomic E-state index is -0.766. The van der Waals surface area contributed by atoms with Gasteiger partial charge < -0.3 is 15.4 Å². The number of hydrogen-bond donors (Lipinski definition) is 2. The van der Waals surface area contributed by atoms with Crippen LogP contribution in [0.25, 0.3) is 5.69 Å². The number of likely N-dealkylation sites (tertiary alicyclic amines) is 1. The molecule has 3 N–H and O–H groups in total. The molecular weight excluding hydrogens is 352 g/mol. The van der Waals surface area contributed by atoms with Gasteiger partial charge in [0, 0.05) is 36.4 Å². The summed E-state index contributed by atoms with van der Waals surface area (Å²) in [4.78, 5) is 19.2. The largest absolute Gasteiger partial charge is 0.480 e. The number of hydrogen-bond acceptors (Lipinski definition) is 4. The van der Waals surface area contributed by atoms with Crippen molar-refractivity contribution in [1.82, 2.24) is 14.5 Å². The molecule has 4 rings (SSSR count). The first kappa shape index (κ1) is 19.2. The number of carbonyl (C=O) groups is 1. The third kappa shape index (κ3) is 3.47. The third-order valence-electron chi connectivity index (χ3n) is 6.14. The Morgan fingerprint density at radius 1 is 1.32 bits per heavy atom. The minimum absolute atomic E-state index is 0.0596. The van der Waals surface area contributed by atoms with Gasteiger partial charge in [0.15, 0.2) is 0 Å². The molecule has 1 fully saturated rings. The summed E-state index contributed by atoms with van der Waals surface area (Å²) in [6.45, 7) is 5.69. The quantitative estimate of drug-likeness (QED) is 0.802. The molecule has 1 aromatic heterocycles. The standard InChI is InChI=1S/C22H30N4O2/c1-14(2)11-17(21(22(27)28)25-10-9-16(23)12-25)20-19-8-7-15-5-3-4-6-18(15)26(19)13-24-20/h3-6,13-14,16-17,21H,7-12,23H2,1-2H3,(H,27,28)/t16-,17?,21-/m0/s1. The van der Waals surface area contributed by atoms with E-state index in [4.69, 9.17) is 10.7 Å². The van der Waals surface area contributed by atoms with Crippen LogP contribution in [0.5, 0.6) is 0 Å². The van der Waals surface area contributed by atoms with E-state index in [1.807, 2.05) is 12.4 Å². The Balaban J connectivity index is 1.75.